The molecule has 0 aliphatic heterocycles. The van der Waals surface area contributed by atoms with E-state index in [1.165, 1.54) is 29.7 Å². The van der Waals surface area contributed by atoms with Crippen LogP contribution in [0.2, 0.25) is 0 Å². The van der Waals surface area contributed by atoms with Crippen molar-refractivity contribution in [3.8, 4) is 0 Å². The number of amides is 1. The molecule has 110 valence electrons. The van der Waals surface area contributed by atoms with Gasteiger partial charge in [0.2, 0.25) is 0 Å². The molecule has 1 saturated carbocycles. The third-order valence-electron chi connectivity index (χ3n) is 3.91. The van der Waals surface area contributed by atoms with Crippen molar-refractivity contribution in [2.24, 2.45) is 0 Å². The maximum atomic E-state index is 12.3. The van der Waals surface area contributed by atoms with Gasteiger partial charge in [-0.25, -0.2) is 4.98 Å². The summed E-state index contributed by atoms with van der Waals surface area (Å²) in [5.41, 5.74) is 2.45. The van der Waals surface area contributed by atoms with Crippen molar-refractivity contribution >= 4 is 17.2 Å². The van der Waals surface area contributed by atoms with Crippen molar-refractivity contribution in [1.29, 1.82) is 0 Å². The molecule has 1 unspecified atom stereocenters. The van der Waals surface area contributed by atoms with Gasteiger partial charge in [-0.3, -0.25) is 4.79 Å². The standard InChI is InChI=1S/C17H20N2OS/c1-3-12-4-6-13(7-5-12)11(2)19-16(20)15-10-18-17(21-15)14-8-9-14/h4-7,10-11,14H,3,8-9H2,1-2H3,(H,19,20). The van der Waals surface area contributed by atoms with Crippen molar-refractivity contribution in [3.05, 3.63) is 51.5 Å². The lowest BCUT2D eigenvalue weighted by Gasteiger charge is -2.14. The van der Waals surface area contributed by atoms with E-state index in [0.717, 1.165) is 17.0 Å². The van der Waals surface area contributed by atoms with Gasteiger partial charge in [-0.05, 0) is 37.3 Å². The summed E-state index contributed by atoms with van der Waals surface area (Å²) in [5, 5.41) is 4.17. The quantitative estimate of drug-likeness (QED) is 0.904. The Morgan fingerprint density at radius 3 is 2.71 bits per heavy atom. The van der Waals surface area contributed by atoms with Gasteiger partial charge in [0.25, 0.3) is 5.91 Å². The molecule has 21 heavy (non-hydrogen) atoms. The first-order valence-corrected chi connectivity index (χ1v) is 8.34. The number of aromatic nitrogens is 1. The second-order valence-electron chi connectivity index (χ2n) is 5.63. The Hall–Kier alpha value is -1.68. The van der Waals surface area contributed by atoms with Gasteiger partial charge in [0, 0.05) is 5.92 Å². The Labute approximate surface area is 129 Å². The van der Waals surface area contributed by atoms with Gasteiger partial charge in [-0.1, -0.05) is 31.2 Å². The lowest BCUT2D eigenvalue weighted by atomic mass is 10.1. The highest BCUT2D eigenvalue weighted by Crippen LogP contribution is 2.41. The molecule has 3 nitrogen and oxygen atoms in total. The minimum Gasteiger partial charge on any atom is -0.345 e. The number of nitrogens with one attached hydrogen (secondary N) is 1. The highest BCUT2D eigenvalue weighted by atomic mass is 32.1. The Morgan fingerprint density at radius 2 is 2.10 bits per heavy atom. The Morgan fingerprint density at radius 1 is 1.38 bits per heavy atom. The summed E-state index contributed by atoms with van der Waals surface area (Å²) in [6, 6.07) is 8.43. The molecule has 3 rings (SSSR count). The summed E-state index contributed by atoms with van der Waals surface area (Å²) >= 11 is 1.53. The highest BCUT2D eigenvalue weighted by Gasteiger charge is 2.27. The summed E-state index contributed by atoms with van der Waals surface area (Å²) in [6.45, 7) is 4.16. The molecule has 1 heterocycles. The summed E-state index contributed by atoms with van der Waals surface area (Å²) < 4.78 is 0. The molecule has 1 N–H and O–H groups in total. The number of rotatable bonds is 5. The summed E-state index contributed by atoms with van der Waals surface area (Å²) in [7, 11) is 0. The smallest absolute Gasteiger partial charge is 0.263 e. The first-order chi connectivity index (χ1) is 10.2. The maximum absolute atomic E-state index is 12.3. The number of thiazole rings is 1. The molecule has 0 radical (unpaired) electrons. The van der Waals surface area contributed by atoms with Crippen LogP contribution in [0.3, 0.4) is 0 Å². The van der Waals surface area contributed by atoms with Gasteiger partial charge >= 0.3 is 0 Å². The van der Waals surface area contributed by atoms with Crippen molar-refractivity contribution < 1.29 is 4.79 Å². The van der Waals surface area contributed by atoms with Crippen molar-refractivity contribution in [2.75, 3.05) is 0 Å². The summed E-state index contributed by atoms with van der Waals surface area (Å²) in [6.07, 6.45) is 5.18. The van der Waals surface area contributed by atoms with Crippen LogP contribution in [0.5, 0.6) is 0 Å². The molecule has 1 aliphatic rings. The van der Waals surface area contributed by atoms with E-state index in [9.17, 15) is 4.79 Å². The molecule has 0 saturated heterocycles. The zero-order valence-corrected chi connectivity index (χ0v) is 13.2. The number of aryl methyl sites for hydroxylation is 1. The fourth-order valence-electron chi connectivity index (χ4n) is 2.30. The third-order valence-corrected chi connectivity index (χ3v) is 5.07. The number of hydrogen-bond donors (Lipinski definition) is 1. The van der Waals surface area contributed by atoms with E-state index >= 15 is 0 Å². The number of carbonyl (C=O) groups is 1. The molecule has 0 bridgehead atoms. The second kappa shape index (κ2) is 5.98. The van der Waals surface area contributed by atoms with E-state index in [0.29, 0.717) is 10.8 Å². The molecule has 4 heteroatoms. The van der Waals surface area contributed by atoms with Crippen LogP contribution in [0.1, 0.15) is 64.5 Å². The van der Waals surface area contributed by atoms with Crippen LogP contribution in [-0.4, -0.2) is 10.9 Å². The second-order valence-corrected chi connectivity index (χ2v) is 6.69. The van der Waals surface area contributed by atoms with E-state index in [1.807, 2.05) is 6.92 Å². The molecule has 1 fully saturated rings. The average molecular weight is 300 g/mol. The average Bonchev–Trinajstić information content (AvgIpc) is 3.24. The first kappa shape index (κ1) is 14.3. The van der Waals surface area contributed by atoms with Gasteiger partial charge in [-0.2, -0.15) is 0 Å². The minimum absolute atomic E-state index is 0.00915. The van der Waals surface area contributed by atoms with Gasteiger partial charge in [0.15, 0.2) is 0 Å². The molecule has 1 aliphatic carbocycles. The van der Waals surface area contributed by atoms with Crippen LogP contribution >= 0.6 is 11.3 Å². The monoisotopic (exact) mass is 300 g/mol. The number of hydrogen-bond acceptors (Lipinski definition) is 3. The van der Waals surface area contributed by atoms with Gasteiger partial charge in [-0.15, -0.1) is 11.3 Å². The molecule has 1 atom stereocenters. The van der Waals surface area contributed by atoms with E-state index in [1.54, 1.807) is 6.20 Å². The molecule has 1 aromatic carbocycles. The van der Waals surface area contributed by atoms with Crippen LogP contribution in [0.4, 0.5) is 0 Å². The number of carbonyl (C=O) groups excluding carboxylic acids is 1. The highest BCUT2D eigenvalue weighted by molar-refractivity contribution is 7.13. The lowest BCUT2D eigenvalue weighted by molar-refractivity contribution is 0.0944. The third kappa shape index (κ3) is 3.32. The summed E-state index contributed by atoms with van der Waals surface area (Å²) in [4.78, 5) is 17.3. The van der Waals surface area contributed by atoms with E-state index in [2.05, 4.69) is 41.5 Å². The normalized spacial score (nSPS) is 15.7. The van der Waals surface area contributed by atoms with Crippen LogP contribution in [-0.2, 0) is 6.42 Å². The SMILES string of the molecule is CCc1ccc(C(C)NC(=O)c2cnc(C3CC3)s2)cc1. The molecule has 1 amide bonds. The molecular weight excluding hydrogens is 280 g/mol. The predicted molar refractivity (Wildman–Crippen MR) is 85.8 cm³/mol. The predicted octanol–water partition coefficient (Wildman–Crippen LogP) is 4.07. The van der Waals surface area contributed by atoms with Gasteiger partial charge in [0.05, 0.1) is 17.2 Å². The fraction of sp³-hybridized carbons (Fsp3) is 0.412. The van der Waals surface area contributed by atoms with E-state index in [4.69, 9.17) is 0 Å². The maximum Gasteiger partial charge on any atom is 0.263 e. The summed E-state index contributed by atoms with van der Waals surface area (Å²) in [5.74, 6) is 0.585. The Balaban J connectivity index is 1.64. The van der Waals surface area contributed by atoms with Gasteiger partial charge in [0.1, 0.15) is 4.88 Å². The molecular formula is C17H20N2OS. The van der Waals surface area contributed by atoms with E-state index < -0.39 is 0 Å². The molecule has 0 spiro atoms. The van der Waals surface area contributed by atoms with Crippen LogP contribution in [0.25, 0.3) is 0 Å². The molecule has 2 aromatic rings. The zero-order valence-electron chi connectivity index (χ0n) is 12.4. The first-order valence-electron chi connectivity index (χ1n) is 7.52. The van der Waals surface area contributed by atoms with Crippen LogP contribution in [0.15, 0.2) is 30.5 Å². The Kier molecular flexibility index (Phi) is 4.06. The number of nitrogens with zero attached hydrogens (tertiary/aromatic N) is 1. The van der Waals surface area contributed by atoms with Crippen LogP contribution < -0.4 is 5.32 Å². The lowest BCUT2D eigenvalue weighted by Crippen LogP contribution is -2.25. The van der Waals surface area contributed by atoms with Crippen molar-refractivity contribution in [3.63, 3.8) is 0 Å². The topological polar surface area (TPSA) is 42.0 Å². The minimum atomic E-state index is -0.0218. The largest absolute Gasteiger partial charge is 0.345 e. The number of benzene rings is 1. The Bertz CT molecular complexity index is 628. The van der Waals surface area contributed by atoms with Crippen LogP contribution in [0, 0.1) is 0 Å². The van der Waals surface area contributed by atoms with Gasteiger partial charge < -0.3 is 5.32 Å². The van der Waals surface area contributed by atoms with E-state index in [-0.39, 0.29) is 11.9 Å². The van der Waals surface area contributed by atoms with Crippen molar-refractivity contribution in [1.82, 2.24) is 10.3 Å². The fourth-order valence-corrected chi connectivity index (χ4v) is 3.29. The zero-order chi connectivity index (χ0) is 14.8. The van der Waals surface area contributed by atoms with Crippen molar-refractivity contribution in [2.45, 2.75) is 45.1 Å². The molecule has 1 aromatic heterocycles.